The average Bonchev–Trinajstić information content (AvgIpc) is 2.37. The van der Waals surface area contributed by atoms with Gasteiger partial charge in [0.1, 0.15) is 16.6 Å². The number of esters is 1. The van der Waals surface area contributed by atoms with Gasteiger partial charge in [0.25, 0.3) is 0 Å². The fourth-order valence-electron chi connectivity index (χ4n) is 2.08. The molecule has 1 aromatic rings. The number of nitrogens with zero attached hydrogens (tertiary/aromatic N) is 1. The van der Waals surface area contributed by atoms with E-state index in [0.717, 1.165) is 26.1 Å². The molecular formula is C15H21ClN2O3. The summed E-state index contributed by atoms with van der Waals surface area (Å²) in [6.45, 7) is 6.95. The zero-order valence-corrected chi connectivity index (χ0v) is 13.4. The zero-order valence-electron chi connectivity index (χ0n) is 12.6. The molecule has 1 saturated heterocycles. The quantitative estimate of drug-likeness (QED) is 0.685. The number of pyridine rings is 1. The van der Waals surface area contributed by atoms with E-state index in [4.69, 9.17) is 21.1 Å². The van der Waals surface area contributed by atoms with Crippen molar-refractivity contribution < 1.29 is 14.3 Å². The van der Waals surface area contributed by atoms with Gasteiger partial charge in [0, 0.05) is 19.3 Å². The molecule has 116 valence electrons. The van der Waals surface area contributed by atoms with E-state index in [1.54, 1.807) is 6.07 Å². The number of hydrogen-bond donors (Lipinski definition) is 1. The molecule has 5 nitrogen and oxygen atoms in total. The Morgan fingerprint density at radius 1 is 1.38 bits per heavy atom. The number of carbonyl (C=O) groups excluding carboxylic acids is 1. The molecule has 1 aliphatic heterocycles. The molecule has 0 aromatic carbocycles. The van der Waals surface area contributed by atoms with Gasteiger partial charge in [-0.25, -0.2) is 9.78 Å². The van der Waals surface area contributed by atoms with Crippen molar-refractivity contribution >= 4 is 23.4 Å². The first-order valence-corrected chi connectivity index (χ1v) is 7.46. The second-order valence-electron chi connectivity index (χ2n) is 6.10. The minimum atomic E-state index is -0.541. The molecule has 1 aromatic heterocycles. The lowest BCUT2D eigenvalue weighted by Crippen LogP contribution is -2.28. The van der Waals surface area contributed by atoms with Crippen LogP contribution < -0.4 is 5.32 Å². The molecule has 0 aliphatic carbocycles. The van der Waals surface area contributed by atoms with E-state index in [-0.39, 0.29) is 11.2 Å². The third-order valence-corrected chi connectivity index (χ3v) is 3.20. The lowest BCUT2D eigenvalue weighted by Gasteiger charge is -2.24. The van der Waals surface area contributed by atoms with Crippen LogP contribution in [0, 0.1) is 0 Å². The Bertz CT molecular complexity index is 508. The standard InChI is InChI=1S/C15H21ClN2O3/c1-15(2,3)21-14(19)10-8-12(16)18-13(9-10)17-11-4-6-20-7-5-11/h8-9,11H,4-7H2,1-3H3,(H,17,18). The predicted molar refractivity (Wildman–Crippen MR) is 81.9 cm³/mol. The largest absolute Gasteiger partial charge is 0.456 e. The molecule has 0 saturated carbocycles. The highest BCUT2D eigenvalue weighted by Gasteiger charge is 2.20. The Kier molecular flexibility index (Phi) is 5.06. The van der Waals surface area contributed by atoms with Gasteiger partial charge in [0.05, 0.1) is 5.56 Å². The van der Waals surface area contributed by atoms with Crippen LogP contribution in [-0.4, -0.2) is 35.8 Å². The van der Waals surface area contributed by atoms with E-state index >= 15 is 0 Å². The molecule has 0 unspecified atom stereocenters. The molecular weight excluding hydrogens is 292 g/mol. The van der Waals surface area contributed by atoms with Crippen LogP contribution in [0.25, 0.3) is 0 Å². The van der Waals surface area contributed by atoms with Gasteiger partial charge in [0.2, 0.25) is 0 Å². The monoisotopic (exact) mass is 312 g/mol. The van der Waals surface area contributed by atoms with Crippen LogP contribution in [0.15, 0.2) is 12.1 Å². The Morgan fingerprint density at radius 2 is 2.05 bits per heavy atom. The average molecular weight is 313 g/mol. The van der Waals surface area contributed by atoms with Gasteiger partial charge >= 0.3 is 5.97 Å². The van der Waals surface area contributed by atoms with Crippen molar-refractivity contribution in [1.82, 2.24) is 4.98 Å². The van der Waals surface area contributed by atoms with Crippen LogP contribution in [-0.2, 0) is 9.47 Å². The Labute approximate surface area is 130 Å². The van der Waals surface area contributed by atoms with Crippen LogP contribution in [0.4, 0.5) is 5.82 Å². The molecule has 1 aliphatic rings. The first-order valence-electron chi connectivity index (χ1n) is 7.09. The highest BCUT2D eigenvalue weighted by atomic mass is 35.5. The van der Waals surface area contributed by atoms with Crippen molar-refractivity contribution in [3.8, 4) is 0 Å². The van der Waals surface area contributed by atoms with E-state index < -0.39 is 11.6 Å². The Hall–Kier alpha value is -1.33. The van der Waals surface area contributed by atoms with Gasteiger partial charge < -0.3 is 14.8 Å². The van der Waals surface area contributed by atoms with E-state index in [2.05, 4.69) is 10.3 Å². The number of rotatable bonds is 3. The molecule has 0 atom stereocenters. The smallest absolute Gasteiger partial charge is 0.338 e. The van der Waals surface area contributed by atoms with Crippen molar-refractivity contribution in [2.75, 3.05) is 18.5 Å². The van der Waals surface area contributed by atoms with Gasteiger partial charge in [-0.2, -0.15) is 0 Å². The van der Waals surface area contributed by atoms with E-state index in [9.17, 15) is 4.79 Å². The van der Waals surface area contributed by atoms with E-state index in [1.165, 1.54) is 6.07 Å². The molecule has 21 heavy (non-hydrogen) atoms. The fraction of sp³-hybridized carbons (Fsp3) is 0.600. The molecule has 0 spiro atoms. The predicted octanol–water partition coefficient (Wildman–Crippen LogP) is 3.28. The number of hydrogen-bond acceptors (Lipinski definition) is 5. The highest BCUT2D eigenvalue weighted by molar-refractivity contribution is 6.29. The molecule has 1 fully saturated rings. The van der Waals surface area contributed by atoms with Crippen LogP contribution >= 0.6 is 11.6 Å². The maximum atomic E-state index is 12.1. The molecule has 2 rings (SSSR count). The van der Waals surface area contributed by atoms with E-state index in [1.807, 2.05) is 20.8 Å². The number of anilines is 1. The highest BCUT2D eigenvalue weighted by Crippen LogP contribution is 2.20. The molecule has 6 heteroatoms. The van der Waals surface area contributed by atoms with Crippen LogP contribution in [0.1, 0.15) is 44.0 Å². The molecule has 2 heterocycles. The third-order valence-electron chi connectivity index (χ3n) is 3.00. The van der Waals surface area contributed by atoms with Gasteiger partial charge in [-0.15, -0.1) is 0 Å². The first kappa shape index (κ1) is 16.0. The first-order chi connectivity index (χ1) is 9.83. The zero-order chi connectivity index (χ0) is 15.5. The van der Waals surface area contributed by atoms with Crippen molar-refractivity contribution in [1.29, 1.82) is 0 Å². The number of ether oxygens (including phenoxy) is 2. The second kappa shape index (κ2) is 6.62. The van der Waals surface area contributed by atoms with Gasteiger partial charge in [0.15, 0.2) is 0 Å². The summed E-state index contributed by atoms with van der Waals surface area (Å²) < 4.78 is 10.7. The van der Waals surface area contributed by atoms with Crippen molar-refractivity contribution in [3.05, 3.63) is 22.8 Å². The maximum Gasteiger partial charge on any atom is 0.338 e. The summed E-state index contributed by atoms with van der Waals surface area (Å²) in [4.78, 5) is 16.3. The summed E-state index contributed by atoms with van der Waals surface area (Å²) in [5, 5.41) is 3.57. The van der Waals surface area contributed by atoms with Crippen molar-refractivity contribution in [2.24, 2.45) is 0 Å². The summed E-state index contributed by atoms with van der Waals surface area (Å²) >= 11 is 6.00. The third kappa shape index (κ3) is 5.17. The number of aromatic nitrogens is 1. The summed E-state index contributed by atoms with van der Waals surface area (Å²) in [5.41, 5.74) is -0.138. The van der Waals surface area contributed by atoms with Crippen molar-refractivity contribution in [3.63, 3.8) is 0 Å². The maximum absolute atomic E-state index is 12.1. The van der Waals surface area contributed by atoms with Crippen LogP contribution in [0.5, 0.6) is 0 Å². The van der Waals surface area contributed by atoms with Gasteiger partial charge in [-0.3, -0.25) is 0 Å². The molecule has 0 amide bonds. The van der Waals surface area contributed by atoms with Crippen molar-refractivity contribution in [2.45, 2.75) is 45.3 Å². The second-order valence-corrected chi connectivity index (χ2v) is 6.48. The normalized spacial score (nSPS) is 16.6. The number of halogens is 1. The van der Waals surface area contributed by atoms with Gasteiger partial charge in [-0.1, -0.05) is 11.6 Å². The number of carbonyl (C=O) groups is 1. The summed E-state index contributed by atoms with van der Waals surface area (Å²) in [5.74, 6) is 0.192. The lowest BCUT2D eigenvalue weighted by atomic mass is 10.1. The topological polar surface area (TPSA) is 60.5 Å². The Morgan fingerprint density at radius 3 is 2.67 bits per heavy atom. The minimum Gasteiger partial charge on any atom is -0.456 e. The van der Waals surface area contributed by atoms with Crippen LogP contribution in [0.3, 0.4) is 0 Å². The Balaban J connectivity index is 2.11. The van der Waals surface area contributed by atoms with Gasteiger partial charge in [-0.05, 0) is 45.7 Å². The minimum absolute atomic E-state index is 0.271. The summed E-state index contributed by atoms with van der Waals surface area (Å²) in [6.07, 6.45) is 1.83. The van der Waals surface area contributed by atoms with E-state index in [0.29, 0.717) is 11.4 Å². The number of nitrogens with one attached hydrogen (secondary N) is 1. The summed E-state index contributed by atoms with van der Waals surface area (Å²) in [7, 11) is 0. The molecule has 0 radical (unpaired) electrons. The lowest BCUT2D eigenvalue weighted by molar-refractivity contribution is 0.00694. The summed E-state index contributed by atoms with van der Waals surface area (Å²) in [6, 6.07) is 3.48. The van der Waals surface area contributed by atoms with Crippen LogP contribution in [0.2, 0.25) is 5.15 Å². The molecule has 1 N–H and O–H groups in total. The molecule has 0 bridgehead atoms. The fourth-order valence-corrected chi connectivity index (χ4v) is 2.29. The SMILES string of the molecule is CC(C)(C)OC(=O)c1cc(Cl)nc(NC2CCOCC2)c1.